The summed E-state index contributed by atoms with van der Waals surface area (Å²) >= 11 is 0. The fourth-order valence-electron chi connectivity index (χ4n) is 2.04. The van der Waals surface area contributed by atoms with Crippen LogP contribution in [0.3, 0.4) is 0 Å². The summed E-state index contributed by atoms with van der Waals surface area (Å²) in [4.78, 5) is 0. The van der Waals surface area contributed by atoms with Gasteiger partial charge in [0, 0.05) is 18.1 Å². The molecule has 0 unspecified atom stereocenters. The molecule has 2 N–H and O–H groups in total. The molecule has 0 saturated heterocycles. The predicted molar refractivity (Wildman–Crippen MR) is 62.9 cm³/mol. The molecule has 0 aliphatic carbocycles. The normalized spacial score (nSPS) is 11.1. The Labute approximate surface area is 89.9 Å². The summed E-state index contributed by atoms with van der Waals surface area (Å²) < 4.78 is 1.97. The van der Waals surface area contributed by atoms with E-state index >= 15 is 0 Å². The molecule has 1 aromatic carbocycles. The van der Waals surface area contributed by atoms with Crippen molar-refractivity contribution in [1.29, 1.82) is 0 Å². The standard InChI is InChI=1S/C12H17N3/c1-3-12-10-8-9(6-7-13)4-5-11(10)14-15(12)2/h4-5,8H,3,6-7,13H2,1-2H3. The van der Waals surface area contributed by atoms with Crippen LogP contribution in [0.25, 0.3) is 10.9 Å². The minimum absolute atomic E-state index is 0.702. The molecule has 0 bridgehead atoms. The molecule has 0 aliphatic heterocycles. The van der Waals surface area contributed by atoms with E-state index < -0.39 is 0 Å². The molecule has 2 rings (SSSR count). The van der Waals surface area contributed by atoms with Gasteiger partial charge in [-0.05, 0) is 37.1 Å². The van der Waals surface area contributed by atoms with E-state index in [1.54, 1.807) is 0 Å². The van der Waals surface area contributed by atoms with Crippen LogP contribution in [0.2, 0.25) is 0 Å². The fraction of sp³-hybridized carbons (Fsp3) is 0.417. The second-order valence-electron chi connectivity index (χ2n) is 3.81. The largest absolute Gasteiger partial charge is 0.330 e. The summed E-state index contributed by atoms with van der Waals surface area (Å²) in [5.74, 6) is 0. The first-order valence-electron chi connectivity index (χ1n) is 5.40. The molecular weight excluding hydrogens is 186 g/mol. The van der Waals surface area contributed by atoms with E-state index in [4.69, 9.17) is 5.73 Å². The Morgan fingerprint density at radius 2 is 2.20 bits per heavy atom. The molecule has 0 atom stereocenters. The van der Waals surface area contributed by atoms with Gasteiger partial charge in [-0.1, -0.05) is 13.0 Å². The van der Waals surface area contributed by atoms with Crippen molar-refractivity contribution in [2.24, 2.45) is 12.8 Å². The van der Waals surface area contributed by atoms with Crippen molar-refractivity contribution in [1.82, 2.24) is 9.78 Å². The summed E-state index contributed by atoms with van der Waals surface area (Å²) in [6.45, 7) is 2.86. The van der Waals surface area contributed by atoms with Crippen LogP contribution in [0.5, 0.6) is 0 Å². The summed E-state index contributed by atoms with van der Waals surface area (Å²) in [6, 6.07) is 6.41. The number of nitrogens with two attached hydrogens (primary N) is 1. The quantitative estimate of drug-likeness (QED) is 0.824. The molecule has 3 heteroatoms. The first kappa shape index (κ1) is 10.2. The number of hydrogen-bond acceptors (Lipinski definition) is 2. The van der Waals surface area contributed by atoms with Crippen LogP contribution in [-0.2, 0) is 19.9 Å². The zero-order chi connectivity index (χ0) is 10.8. The molecule has 80 valence electrons. The number of aryl methyl sites for hydroxylation is 2. The Morgan fingerprint density at radius 1 is 1.40 bits per heavy atom. The molecule has 2 aromatic rings. The average Bonchev–Trinajstić information content (AvgIpc) is 2.53. The molecule has 3 nitrogen and oxygen atoms in total. The number of nitrogens with zero attached hydrogens (tertiary/aromatic N) is 2. The lowest BCUT2D eigenvalue weighted by Gasteiger charge is -2.00. The molecule has 15 heavy (non-hydrogen) atoms. The van der Waals surface area contributed by atoms with Gasteiger partial charge in [-0.2, -0.15) is 5.10 Å². The highest BCUT2D eigenvalue weighted by Gasteiger charge is 2.07. The Balaban J connectivity index is 2.57. The van der Waals surface area contributed by atoms with Crippen LogP contribution in [0.4, 0.5) is 0 Å². The zero-order valence-corrected chi connectivity index (χ0v) is 9.33. The highest BCUT2D eigenvalue weighted by molar-refractivity contribution is 5.82. The molecule has 1 heterocycles. The molecule has 0 fully saturated rings. The van der Waals surface area contributed by atoms with Crippen LogP contribution < -0.4 is 5.73 Å². The number of aromatic nitrogens is 2. The van der Waals surface area contributed by atoms with Crippen molar-refractivity contribution in [2.75, 3.05) is 6.54 Å². The number of benzene rings is 1. The first-order chi connectivity index (χ1) is 7.26. The Bertz CT molecular complexity index is 471. The van der Waals surface area contributed by atoms with Gasteiger partial charge in [-0.25, -0.2) is 0 Å². The number of rotatable bonds is 3. The van der Waals surface area contributed by atoms with Crippen molar-refractivity contribution < 1.29 is 0 Å². The van der Waals surface area contributed by atoms with Crippen molar-refractivity contribution in [2.45, 2.75) is 19.8 Å². The molecule has 0 aliphatic rings. The summed E-state index contributed by atoms with van der Waals surface area (Å²) in [5.41, 5.74) is 9.23. The second kappa shape index (κ2) is 4.03. The van der Waals surface area contributed by atoms with E-state index in [9.17, 15) is 0 Å². The molecule has 0 amide bonds. The maximum Gasteiger partial charge on any atom is 0.0926 e. The molecule has 1 aromatic heterocycles. The maximum atomic E-state index is 5.56. The van der Waals surface area contributed by atoms with E-state index in [0.29, 0.717) is 6.54 Å². The van der Waals surface area contributed by atoms with Crippen LogP contribution in [-0.4, -0.2) is 16.3 Å². The van der Waals surface area contributed by atoms with E-state index in [-0.39, 0.29) is 0 Å². The van der Waals surface area contributed by atoms with Crippen molar-refractivity contribution in [3.63, 3.8) is 0 Å². The van der Waals surface area contributed by atoms with Gasteiger partial charge >= 0.3 is 0 Å². The lowest BCUT2D eigenvalue weighted by Crippen LogP contribution is -2.02. The van der Waals surface area contributed by atoms with Crippen LogP contribution in [0.1, 0.15) is 18.2 Å². The fourth-order valence-corrected chi connectivity index (χ4v) is 2.04. The van der Waals surface area contributed by atoms with Gasteiger partial charge in [0.05, 0.1) is 5.52 Å². The summed E-state index contributed by atoms with van der Waals surface area (Å²) in [5, 5.41) is 5.74. The Hall–Kier alpha value is -1.35. The number of fused-ring (bicyclic) bond motifs is 1. The molecular formula is C12H17N3. The van der Waals surface area contributed by atoms with Gasteiger partial charge in [0.2, 0.25) is 0 Å². The highest BCUT2D eigenvalue weighted by Crippen LogP contribution is 2.20. The van der Waals surface area contributed by atoms with Crippen LogP contribution >= 0.6 is 0 Å². The van der Waals surface area contributed by atoms with Crippen molar-refractivity contribution >= 4 is 10.9 Å². The van der Waals surface area contributed by atoms with E-state index in [1.807, 2.05) is 11.7 Å². The van der Waals surface area contributed by atoms with Crippen LogP contribution in [0, 0.1) is 0 Å². The summed E-state index contributed by atoms with van der Waals surface area (Å²) in [6.07, 6.45) is 1.95. The third-order valence-corrected chi connectivity index (χ3v) is 2.79. The smallest absolute Gasteiger partial charge is 0.0926 e. The lowest BCUT2D eigenvalue weighted by molar-refractivity contribution is 0.728. The van der Waals surface area contributed by atoms with Gasteiger partial charge in [0.25, 0.3) is 0 Å². The lowest BCUT2D eigenvalue weighted by atomic mass is 10.1. The SMILES string of the molecule is CCc1c2cc(CCN)ccc2nn1C. The maximum absolute atomic E-state index is 5.56. The average molecular weight is 203 g/mol. The van der Waals surface area contributed by atoms with Gasteiger partial charge in [-0.15, -0.1) is 0 Å². The third kappa shape index (κ3) is 1.75. The predicted octanol–water partition coefficient (Wildman–Crippen LogP) is 1.64. The van der Waals surface area contributed by atoms with Gasteiger partial charge in [0.1, 0.15) is 0 Å². The zero-order valence-electron chi connectivity index (χ0n) is 9.33. The van der Waals surface area contributed by atoms with E-state index in [2.05, 4.69) is 30.2 Å². The Morgan fingerprint density at radius 3 is 2.87 bits per heavy atom. The second-order valence-corrected chi connectivity index (χ2v) is 3.81. The molecule has 0 saturated carbocycles. The number of hydrogen-bond donors (Lipinski definition) is 1. The van der Waals surface area contributed by atoms with Crippen molar-refractivity contribution in [3.8, 4) is 0 Å². The van der Waals surface area contributed by atoms with E-state index in [0.717, 1.165) is 18.4 Å². The van der Waals surface area contributed by atoms with E-state index in [1.165, 1.54) is 16.6 Å². The van der Waals surface area contributed by atoms with Gasteiger partial charge < -0.3 is 5.73 Å². The monoisotopic (exact) mass is 203 g/mol. The Kier molecular flexibility index (Phi) is 2.73. The first-order valence-corrected chi connectivity index (χ1v) is 5.40. The molecule has 0 spiro atoms. The minimum Gasteiger partial charge on any atom is -0.330 e. The highest BCUT2D eigenvalue weighted by atomic mass is 15.3. The van der Waals surface area contributed by atoms with Crippen molar-refractivity contribution in [3.05, 3.63) is 29.5 Å². The minimum atomic E-state index is 0.702. The third-order valence-electron chi connectivity index (χ3n) is 2.79. The van der Waals surface area contributed by atoms with Gasteiger partial charge in [0.15, 0.2) is 0 Å². The summed E-state index contributed by atoms with van der Waals surface area (Å²) in [7, 11) is 2.00. The topological polar surface area (TPSA) is 43.8 Å². The van der Waals surface area contributed by atoms with Crippen LogP contribution in [0.15, 0.2) is 18.2 Å². The van der Waals surface area contributed by atoms with Gasteiger partial charge in [-0.3, -0.25) is 4.68 Å². The molecule has 0 radical (unpaired) electrons.